The molecule has 18 heavy (non-hydrogen) atoms. The molecule has 0 spiro atoms. The summed E-state index contributed by atoms with van der Waals surface area (Å²) < 4.78 is 0. The second-order valence-corrected chi connectivity index (χ2v) is 4.38. The number of benzene rings is 1. The van der Waals surface area contributed by atoms with E-state index >= 15 is 0 Å². The average molecular weight is 260 g/mol. The zero-order valence-corrected chi connectivity index (χ0v) is 10.3. The lowest BCUT2D eigenvalue weighted by molar-refractivity contribution is -0.129. The number of hydrazone groups is 1. The van der Waals surface area contributed by atoms with E-state index in [4.69, 9.17) is 0 Å². The van der Waals surface area contributed by atoms with Crippen LogP contribution in [0.3, 0.4) is 0 Å². The Morgan fingerprint density at radius 1 is 1.33 bits per heavy atom. The molecule has 1 atom stereocenters. The molecule has 0 aliphatic rings. The lowest BCUT2D eigenvalue weighted by Crippen LogP contribution is -2.25. The standard InChI is InChI=1S/C13H12N2O2S/c16-12(11-4-2-1-3-5-11)13(17)15-14-8-10-6-7-18-9-10/h1-9,12,16H,(H,15,17). The number of aliphatic hydroxyl groups is 1. The van der Waals surface area contributed by atoms with Crippen molar-refractivity contribution in [3.05, 3.63) is 58.3 Å². The summed E-state index contributed by atoms with van der Waals surface area (Å²) in [7, 11) is 0. The Labute approximate surface area is 109 Å². The molecule has 0 aliphatic heterocycles. The van der Waals surface area contributed by atoms with E-state index in [1.807, 2.05) is 22.9 Å². The molecule has 0 aliphatic carbocycles. The van der Waals surface area contributed by atoms with Gasteiger partial charge in [0.1, 0.15) is 0 Å². The van der Waals surface area contributed by atoms with Gasteiger partial charge in [0.25, 0.3) is 5.91 Å². The molecule has 0 saturated heterocycles. The van der Waals surface area contributed by atoms with Crippen LogP contribution in [0.5, 0.6) is 0 Å². The molecule has 0 fully saturated rings. The third-order valence-electron chi connectivity index (χ3n) is 2.30. The molecule has 92 valence electrons. The molecule has 2 rings (SSSR count). The van der Waals surface area contributed by atoms with Crippen LogP contribution in [0.1, 0.15) is 17.2 Å². The molecule has 0 bridgehead atoms. The fraction of sp³-hybridized carbons (Fsp3) is 0.0769. The van der Waals surface area contributed by atoms with Crippen molar-refractivity contribution in [2.24, 2.45) is 5.10 Å². The third-order valence-corrected chi connectivity index (χ3v) is 3.00. The summed E-state index contributed by atoms with van der Waals surface area (Å²) in [6.45, 7) is 0. The maximum Gasteiger partial charge on any atom is 0.273 e. The molecular formula is C13H12N2O2S. The highest BCUT2D eigenvalue weighted by Gasteiger charge is 2.15. The topological polar surface area (TPSA) is 61.7 Å². The van der Waals surface area contributed by atoms with E-state index in [0.717, 1.165) is 5.56 Å². The number of amides is 1. The van der Waals surface area contributed by atoms with Gasteiger partial charge in [0.2, 0.25) is 0 Å². The minimum absolute atomic E-state index is 0.542. The summed E-state index contributed by atoms with van der Waals surface area (Å²) in [5.74, 6) is -0.548. The first-order valence-electron chi connectivity index (χ1n) is 5.35. The van der Waals surface area contributed by atoms with Crippen molar-refractivity contribution in [2.45, 2.75) is 6.10 Å². The maximum absolute atomic E-state index is 11.6. The maximum atomic E-state index is 11.6. The van der Waals surface area contributed by atoms with Crippen molar-refractivity contribution >= 4 is 23.5 Å². The molecule has 1 aromatic heterocycles. The summed E-state index contributed by atoms with van der Waals surface area (Å²) in [4.78, 5) is 11.6. The largest absolute Gasteiger partial charge is 0.378 e. The molecule has 5 heteroatoms. The first-order chi connectivity index (χ1) is 8.77. The first kappa shape index (κ1) is 12.5. The molecule has 2 aromatic rings. The molecule has 2 N–H and O–H groups in total. The fourth-order valence-corrected chi connectivity index (χ4v) is 1.98. The van der Waals surface area contributed by atoms with E-state index in [1.54, 1.807) is 35.6 Å². The van der Waals surface area contributed by atoms with Gasteiger partial charge in [-0.1, -0.05) is 30.3 Å². The van der Waals surface area contributed by atoms with Crippen LogP contribution in [0.15, 0.2) is 52.3 Å². The molecule has 1 aromatic carbocycles. The van der Waals surface area contributed by atoms with E-state index in [-0.39, 0.29) is 0 Å². The van der Waals surface area contributed by atoms with E-state index in [0.29, 0.717) is 5.56 Å². The Morgan fingerprint density at radius 2 is 2.11 bits per heavy atom. The van der Waals surface area contributed by atoms with E-state index in [9.17, 15) is 9.90 Å². The van der Waals surface area contributed by atoms with Gasteiger partial charge in [0.05, 0.1) is 6.21 Å². The summed E-state index contributed by atoms with van der Waals surface area (Å²) >= 11 is 1.55. The Morgan fingerprint density at radius 3 is 2.78 bits per heavy atom. The zero-order chi connectivity index (χ0) is 12.8. The predicted octanol–water partition coefficient (Wildman–Crippen LogP) is 1.93. The zero-order valence-electron chi connectivity index (χ0n) is 9.48. The number of carbonyl (C=O) groups is 1. The van der Waals surface area contributed by atoms with Crippen LogP contribution in [0.2, 0.25) is 0 Å². The minimum atomic E-state index is -1.20. The molecule has 1 heterocycles. The monoisotopic (exact) mass is 260 g/mol. The van der Waals surface area contributed by atoms with Gasteiger partial charge in [-0.25, -0.2) is 5.43 Å². The third kappa shape index (κ3) is 3.26. The average Bonchev–Trinajstić information content (AvgIpc) is 2.92. The smallest absolute Gasteiger partial charge is 0.273 e. The highest BCUT2D eigenvalue weighted by atomic mass is 32.1. The van der Waals surface area contributed by atoms with Gasteiger partial charge in [-0.3, -0.25) is 4.79 Å². The van der Waals surface area contributed by atoms with Crippen LogP contribution < -0.4 is 5.43 Å². The number of carbonyl (C=O) groups excluding carboxylic acids is 1. The number of rotatable bonds is 4. The molecule has 1 unspecified atom stereocenters. The molecule has 0 saturated carbocycles. The van der Waals surface area contributed by atoms with Crippen molar-refractivity contribution < 1.29 is 9.90 Å². The van der Waals surface area contributed by atoms with Crippen molar-refractivity contribution in [3.63, 3.8) is 0 Å². The van der Waals surface area contributed by atoms with Crippen molar-refractivity contribution in [1.82, 2.24) is 5.43 Å². The van der Waals surface area contributed by atoms with Crippen LogP contribution in [0.25, 0.3) is 0 Å². The van der Waals surface area contributed by atoms with Gasteiger partial charge in [0, 0.05) is 5.56 Å². The number of thiophene rings is 1. The molecule has 4 nitrogen and oxygen atoms in total. The second kappa shape index (κ2) is 6.09. The number of hydrogen-bond donors (Lipinski definition) is 2. The summed E-state index contributed by atoms with van der Waals surface area (Å²) in [6.07, 6.45) is 0.331. The van der Waals surface area contributed by atoms with Crippen LogP contribution in [-0.4, -0.2) is 17.2 Å². The number of aliphatic hydroxyl groups excluding tert-OH is 1. The number of nitrogens with zero attached hydrogens (tertiary/aromatic N) is 1. The van der Waals surface area contributed by atoms with Gasteiger partial charge in [-0.2, -0.15) is 16.4 Å². The quantitative estimate of drug-likeness (QED) is 0.652. The highest BCUT2D eigenvalue weighted by molar-refractivity contribution is 7.08. The molecule has 0 radical (unpaired) electrons. The Hall–Kier alpha value is -1.98. The summed E-state index contributed by atoms with van der Waals surface area (Å²) in [5.41, 5.74) is 3.76. The summed E-state index contributed by atoms with van der Waals surface area (Å²) in [6, 6.07) is 10.6. The summed E-state index contributed by atoms with van der Waals surface area (Å²) in [5, 5.41) is 17.4. The Balaban J connectivity index is 1.92. The van der Waals surface area contributed by atoms with Crippen molar-refractivity contribution in [3.8, 4) is 0 Å². The van der Waals surface area contributed by atoms with Crippen LogP contribution in [-0.2, 0) is 4.79 Å². The highest BCUT2D eigenvalue weighted by Crippen LogP contribution is 2.11. The lowest BCUT2D eigenvalue weighted by Gasteiger charge is -2.08. The number of nitrogens with one attached hydrogen (secondary N) is 1. The number of hydrogen-bond acceptors (Lipinski definition) is 4. The van der Waals surface area contributed by atoms with Crippen molar-refractivity contribution in [2.75, 3.05) is 0 Å². The Kier molecular flexibility index (Phi) is 4.22. The fourth-order valence-electron chi connectivity index (χ4n) is 1.37. The molecular weight excluding hydrogens is 248 g/mol. The molecule has 1 amide bonds. The first-order valence-corrected chi connectivity index (χ1v) is 6.30. The van der Waals surface area contributed by atoms with Gasteiger partial charge in [-0.15, -0.1) is 0 Å². The van der Waals surface area contributed by atoms with Crippen LogP contribution >= 0.6 is 11.3 Å². The van der Waals surface area contributed by atoms with Crippen LogP contribution in [0.4, 0.5) is 0 Å². The van der Waals surface area contributed by atoms with Gasteiger partial charge in [0.15, 0.2) is 6.10 Å². The SMILES string of the molecule is O=C(NN=Cc1ccsc1)C(O)c1ccccc1. The predicted molar refractivity (Wildman–Crippen MR) is 71.5 cm³/mol. The Bertz CT molecular complexity index is 523. The van der Waals surface area contributed by atoms with E-state index in [2.05, 4.69) is 10.5 Å². The lowest BCUT2D eigenvalue weighted by atomic mass is 10.1. The van der Waals surface area contributed by atoms with Crippen molar-refractivity contribution in [1.29, 1.82) is 0 Å². The second-order valence-electron chi connectivity index (χ2n) is 3.60. The van der Waals surface area contributed by atoms with Gasteiger partial charge in [-0.05, 0) is 22.4 Å². The normalized spacial score (nSPS) is 12.5. The van der Waals surface area contributed by atoms with Crippen LogP contribution in [0, 0.1) is 0 Å². The van der Waals surface area contributed by atoms with E-state index in [1.165, 1.54) is 6.21 Å². The minimum Gasteiger partial charge on any atom is -0.378 e. The van der Waals surface area contributed by atoms with E-state index < -0.39 is 12.0 Å². The van der Waals surface area contributed by atoms with Gasteiger partial charge < -0.3 is 5.11 Å². The van der Waals surface area contributed by atoms with Gasteiger partial charge >= 0.3 is 0 Å².